The molecule has 1 aliphatic carbocycles. The van der Waals surface area contributed by atoms with Gasteiger partial charge >= 0.3 is 0 Å². The van der Waals surface area contributed by atoms with E-state index in [0.717, 1.165) is 12.8 Å². The van der Waals surface area contributed by atoms with E-state index in [1.807, 2.05) is 0 Å². The van der Waals surface area contributed by atoms with Gasteiger partial charge in [-0.3, -0.25) is 9.78 Å². The molecule has 5 heteroatoms. The van der Waals surface area contributed by atoms with Gasteiger partial charge in [-0.25, -0.2) is 0 Å². The SMILES string of the molecule is Nc1ccncc1C(=O)NCCOC1CCCCC1. The number of rotatable bonds is 5. The van der Waals surface area contributed by atoms with E-state index < -0.39 is 0 Å². The Labute approximate surface area is 113 Å². The zero-order valence-corrected chi connectivity index (χ0v) is 11.1. The lowest BCUT2D eigenvalue weighted by atomic mass is 9.98. The zero-order chi connectivity index (χ0) is 13.5. The smallest absolute Gasteiger partial charge is 0.255 e. The third kappa shape index (κ3) is 4.21. The van der Waals surface area contributed by atoms with Crippen LogP contribution < -0.4 is 11.1 Å². The van der Waals surface area contributed by atoms with Crippen LogP contribution in [0.5, 0.6) is 0 Å². The summed E-state index contributed by atoms with van der Waals surface area (Å²) in [6.45, 7) is 1.06. The molecule has 0 spiro atoms. The molecule has 0 bridgehead atoms. The van der Waals surface area contributed by atoms with E-state index in [1.54, 1.807) is 12.3 Å². The molecular weight excluding hydrogens is 242 g/mol. The largest absolute Gasteiger partial charge is 0.398 e. The van der Waals surface area contributed by atoms with Gasteiger partial charge in [0.1, 0.15) is 0 Å². The molecule has 0 atom stereocenters. The normalized spacial score (nSPS) is 16.2. The molecule has 0 saturated heterocycles. The second-order valence-corrected chi connectivity index (χ2v) is 4.85. The Morgan fingerprint density at radius 3 is 2.95 bits per heavy atom. The number of pyridine rings is 1. The highest BCUT2D eigenvalue weighted by atomic mass is 16.5. The highest BCUT2D eigenvalue weighted by Gasteiger charge is 2.13. The highest BCUT2D eigenvalue weighted by Crippen LogP contribution is 2.19. The van der Waals surface area contributed by atoms with Crippen molar-refractivity contribution < 1.29 is 9.53 Å². The van der Waals surface area contributed by atoms with Crippen molar-refractivity contribution in [2.75, 3.05) is 18.9 Å². The quantitative estimate of drug-likeness (QED) is 0.793. The van der Waals surface area contributed by atoms with Gasteiger partial charge in [-0.2, -0.15) is 0 Å². The minimum absolute atomic E-state index is 0.196. The van der Waals surface area contributed by atoms with Gasteiger partial charge in [-0.15, -0.1) is 0 Å². The molecule has 104 valence electrons. The second kappa shape index (κ2) is 7.09. The first-order valence-corrected chi connectivity index (χ1v) is 6.86. The lowest BCUT2D eigenvalue weighted by molar-refractivity contribution is 0.0299. The number of nitrogens with two attached hydrogens (primary N) is 1. The molecule has 1 aliphatic rings. The van der Waals surface area contributed by atoms with Gasteiger partial charge in [0.15, 0.2) is 0 Å². The van der Waals surface area contributed by atoms with Gasteiger partial charge in [0.25, 0.3) is 5.91 Å². The third-order valence-electron chi connectivity index (χ3n) is 3.39. The van der Waals surface area contributed by atoms with Crippen LogP contribution in [0.2, 0.25) is 0 Å². The summed E-state index contributed by atoms with van der Waals surface area (Å²) in [6.07, 6.45) is 9.52. The summed E-state index contributed by atoms with van der Waals surface area (Å²) >= 11 is 0. The first-order valence-electron chi connectivity index (χ1n) is 6.86. The van der Waals surface area contributed by atoms with Crippen molar-refractivity contribution in [3.8, 4) is 0 Å². The summed E-state index contributed by atoms with van der Waals surface area (Å²) in [5, 5.41) is 2.80. The molecule has 0 aromatic carbocycles. The number of nitrogen functional groups attached to an aromatic ring is 1. The fourth-order valence-electron chi connectivity index (χ4n) is 2.31. The van der Waals surface area contributed by atoms with Gasteiger partial charge in [0.05, 0.1) is 18.3 Å². The Kier molecular flexibility index (Phi) is 5.15. The monoisotopic (exact) mass is 263 g/mol. The van der Waals surface area contributed by atoms with Gasteiger partial charge in [0, 0.05) is 24.6 Å². The Morgan fingerprint density at radius 2 is 2.21 bits per heavy atom. The molecule has 5 nitrogen and oxygen atoms in total. The molecule has 0 aliphatic heterocycles. The van der Waals surface area contributed by atoms with Crippen LogP contribution in [0.25, 0.3) is 0 Å². The molecule has 0 radical (unpaired) electrons. The topological polar surface area (TPSA) is 77.2 Å². The predicted octanol–water partition coefficient (Wildman–Crippen LogP) is 1.74. The molecule has 19 heavy (non-hydrogen) atoms. The number of nitrogens with zero attached hydrogens (tertiary/aromatic N) is 1. The van der Waals surface area contributed by atoms with E-state index in [4.69, 9.17) is 10.5 Å². The molecule has 0 unspecified atom stereocenters. The van der Waals surface area contributed by atoms with E-state index >= 15 is 0 Å². The van der Waals surface area contributed by atoms with E-state index in [-0.39, 0.29) is 5.91 Å². The average Bonchev–Trinajstić information content (AvgIpc) is 2.45. The van der Waals surface area contributed by atoms with Crippen molar-refractivity contribution in [2.45, 2.75) is 38.2 Å². The van der Waals surface area contributed by atoms with Gasteiger partial charge in [-0.05, 0) is 18.9 Å². The average molecular weight is 263 g/mol. The second-order valence-electron chi connectivity index (χ2n) is 4.85. The minimum atomic E-state index is -0.196. The standard InChI is InChI=1S/C14H21N3O2/c15-13-6-7-16-10-12(13)14(18)17-8-9-19-11-4-2-1-3-5-11/h6-7,10-11H,1-5,8-9H2,(H2,15,16)(H,17,18). The number of hydrogen-bond donors (Lipinski definition) is 2. The van der Waals surface area contributed by atoms with Crippen LogP contribution in [0.4, 0.5) is 5.69 Å². The maximum Gasteiger partial charge on any atom is 0.255 e. The number of carbonyl (C=O) groups is 1. The molecule has 1 saturated carbocycles. The lowest BCUT2D eigenvalue weighted by Gasteiger charge is -2.22. The Balaban J connectivity index is 1.68. The minimum Gasteiger partial charge on any atom is -0.398 e. The van der Waals surface area contributed by atoms with E-state index in [1.165, 1.54) is 25.5 Å². The van der Waals surface area contributed by atoms with E-state index in [2.05, 4.69) is 10.3 Å². The first kappa shape index (κ1) is 13.8. The summed E-state index contributed by atoms with van der Waals surface area (Å²) in [7, 11) is 0. The van der Waals surface area contributed by atoms with Crippen LogP contribution in [-0.4, -0.2) is 30.1 Å². The van der Waals surface area contributed by atoms with Gasteiger partial charge < -0.3 is 15.8 Å². The molecule has 2 rings (SSSR count). The van der Waals surface area contributed by atoms with Crippen LogP contribution in [0, 0.1) is 0 Å². The van der Waals surface area contributed by atoms with Crippen LogP contribution in [0.3, 0.4) is 0 Å². The molecule has 1 aromatic rings. The van der Waals surface area contributed by atoms with Crippen molar-refractivity contribution in [3.05, 3.63) is 24.0 Å². The van der Waals surface area contributed by atoms with Crippen molar-refractivity contribution in [1.29, 1.82) is 0 Å². The number of aromatic nitrogens is 1. The molecular formula is C14H21N3O2. The fourth-order valence-corrected chi connectivity index (χ4v) is 2.31. The summed E-state index contributed by atoms with van der Waals surface area (Å²) in [5.74, 6) is -0.196. The Hall–Kier alpha value is -1.62. The summed E-state index contributed by atoms with van der Waals surface area (Å²) in [6, 6.07) is 1.62. The Morgan fingerprint density at radius 1 is 1.42 bits per heavy atom. The van der Waals surface area contributed by atoms with E-state index in [0.29, 0.717) is 30.5 Å². The number of nitrogens with one attached hydrogen (secondary N) is 1. The number of carbonyl (C=O) groups excluding carboxylic acids is 1. The maximum absolute atomic E-state index is 11.8. The summed E-state index contributed by atoms with van der Waals surface area (Å²) in [5.41, 5.74) is 6.57. The van der Waals surface area contributed by atoms with Crippen LogP contribution in [0.1, 0.15) is 42.5 Å². The number of anilines is 1. The van der Waals surface area contributed by atoms with Gasteiger partial charge in [0.2, 0.25) is 0 Å². The number of amides is 1. The predicted molar refractivity (Wildman–Crippen MR) is 73.8 cm³/mol. The maximum atomic E-state index is 11.8. The fraction of sp³-hybridized carbons (Fsp3) is 0.571. The third-order valence-corrected chi connectivity index (χ3v) is 3.39. The molecule has 1 heterocycles. The van der Waals surface area contributed by atoms with Crippen LogP contribution in [0.15, 0.2) is 18.5 Å². The van der Waals surface area contributed by atoms with Crippen LogP contribution >= 0.6 is 0 Å². The molecule has 3 N–H and O–H groups in total. The number of hydrogen-bond acceptors (Lipinski definition) is 4. The Bertz CT molecular complexity index is 417. The van der Waals surface area contributed by atoms with Crippen molar-refractivity contribution in [2.24, 2.45) is 0 Å². The van der Waals surface area contributed by atoms with Crippen molar-refractivity contribution in [3.63, 3.8) is 0 Å². The molecule has 1 aromatic heterocycles. The van der Waals surface area contributed by atoms with Crippen molar-refractivity contribution >= 4 is 11.6 Å². The summed E-state index contributed by atoms with van der Waals surface area (Å²) < 4.78 is 5.74. The van der Waals surface area contributed by atoms with Crippen molar-refractivity contribution in [1.82, 2.24) is 10.3 Å². The van der Waals surface area contributed by atoms with E-state index in [9.17, 15) is 4.79 Å². The zero-order valence-electron chi connectivity index (χ0n) is 11.1. The highest BCUT2D eigenvalue weighted by molar-refractivity contribution is 5.98. The lowest BCUT2D eigenvalue weighted by Crippen LogP contribution is -2.29. The van der Waals surface area contributed by atoms with Gasteiger partial charge in [-0.1, -0.05) is 19.3 Å². The summed E-state index contributed by atoms with van der Waals surface area (Å²) in [4.78, 5) is 15.7. The molecule has 1 amide bonds. The first-order chi connectivity index (χ1) is 9.27. The number of ether oxygens (including phenoxy) is 1. The van der Waals surface area contributed by atoms with Crippen LogP contribution in [-0.2, 0) is 4.74 Å². The molecule has 1 fully saturated rings.